The number of esters is 1. The molecule has 0 radical (unpaired) electrons. The molecule has 152 valence electrons. The summed E-state index contributed by atoms with van der Waals surface area (Å²) in [5.41, 5.74) is 0.221. The quantitative estimate of drug-likeness (QED) is 0.603. The van der Waals surface area contributed by atoms with Crippen molar-refractivity contribution in [3.05, 3.63) is 41.6 Å². The van der Waals surface area contributed by atoms with Crippen LogP contribution in [0.4, 0.5) is 0 Å². The third-order valence-corrected chi connectivity index (χ3v) is 5.84. The van der Waals surface area contributed by atoms with Crippen LogP contribution in [0, 0.1) is 6.92 Å². The second kappa shape index (κ2) is 9.42. The fraction of sp³-hybridized carbons (Fsp3) is 0.412. The number of benzene rings is 1. The van der Waals surface area contributed by atoms with E-state index in [0.29, 0.717) is 19.0 Å². The summed E-state index contributed by atoms with van der Waals surface area (Å²) in [6, 6.07) is 5.49. The summed E-state index contributed by atoms with van der Waals surface area (Å²) in [6.07, 6.45) is 0. The highest BCUT2D eigenvalue weighted by atomic mass is 32.2. The lowest BCUT2D eigenvalue weighted by atomic mass is 10.2. The minimum absolute atomic E-state index is 0.0991. The maximum absolute atomic E-state index is 12.4. The SMILES string of the molecule is CCN(CC)S(=O)(=O)c1ccc(C(=O)NCC(=O)OCc2nnc(C)o2)cc1. The van der Waals surface area contributed by atoms with Crippen LogP contribution in [-0.4, -0.2) is 54.4 Å². The lowest BCUT2D eigenvalue weighted by Gasteiger charge is -2.18. The number of sulfonamides is 1. The first-order chi connectivity index (χ1) is 13.3. The van der Waals surface area contributed by atoms with E-state index >= 15 is 0 Å². The molecule has 28 heavy (non-hydrogen) atoms. The molecule has 1 aromatic heterocycles. The molecule has 1 amide bonds. The van der Waals surface area contributed by atoms with E-state index in [1.165, 1.54) is 28.6 Å². The van der Waals surface area contributed by atoms with Gasteiger partial charge in [0.05, 0.1) is 4.90 Å². The molecule has 2 aromatic rings. The molecule has 0 aliphatic heterocycles. The maximum atomic E-state index is 12.4. The van der Waals surface area contributed by atoms with Crippen LogP contribution in [0.1, 0.15) is 36.0 Å². The van der Waals surface area contributed by atoms with Crippen molar-refractivity contribution in [1.82, 2.24) is 19.8 Å². The molecule has 0 saturated heterocycles. The summed E-state index contributed by atoms with van der Waals surface area (Å²) in [4.78, 5) is 23.9. The first kappa shape index (κ1) is 21.5. The highest BCUT2D eigenvalue weighted by Crippen LogP contribution is 2.16. The lowest BCUT2D eigenvalue weighted by Crippen LogP contribution is -2.31. The highest BCUT2D eigenvalue weighted by molar-refractivity contribution is 7.89. The summed E-state index contributed by atoms with van der Waals surface area (Å²) >= 11 is 0. The van der Waals surface area contributed by atoms with Gasteiger partial charge in [-0.2, -0.15) is 4.31 Å². The number of aryl methyl sites for hydroxylation is 1. The zero-order chi connectivity index (χ0) is 20.7. The predicted octanol–water partition coefficient (Wildman–Crippen LogP) is 0.882. The van der Waals surface area contributed by atoms with Gasteiger partial charge in [0, 0.05) is 25.6 Å². The first-order valence-corrected chi connectivity index (χ1v) is 10.0. The fourth-order valence-corrected chi connectivity index (χ4v) is 3.79. The van der Waals surface area contributed by atoms with Crippen LogP contribution in [0.25, 0.3) is 0 Å². The lowest BCUT2D eigenvalue weighted by molar-refractivity contribution is -0.144. The van der Waals surface area contributed by atoms with Crippen molar-refractivity contribution in [3.8, 4) is 0 Å². The Morgan fingerprint density at radius 3 is 2.32 bits per heavy atom. The van der Waals surface area contributed by atoms with Crippen molar-refractivity contribution in [3.63, 3.8) is 0 Å². The Bertz CT molecular complexity index is 919. The van der Waals surface area contributed by atoms with Gasteiger partial charge in [-0.25, -0.2) is 8.42 Å². The Hall–Kier alpha value is -2.79. The molecule has 1 N–H and O–H groups in total. The molecule has 0 aliphatic rings. The van der Waals surface area contributed by atoms with Gasteiger partial charge in [-0.3, -0.25) is 9.59 Å². The van der Waals surface area contributed by atoms with Crippen molar-refractivity contribution in [2.24, 2.45) is 0 Å². The second-order valence-electron chi connectivity index (χ2n) is 5.67. The number of carbonyl (C=O) groups is 2. The van der Waals surface area contributed by atoms with E-state index in [1.807, 2.05) is 0 Å². The molecule has 2 rings (SSSR count). The van der Waals surface area contributed by atoms with Crippen molar-refractivity contribution in [1.29, 1.82) is 0 Å². The fourth-order valence-electron chi connectivity index (χ4n) is 2.33. The van der Waals surface area contributed by atoms with Crippen LogP contribution >= 0.6 is 0 Å². The van der Waals surface area contributed by atoms with Crippen LogP contribution in [0.3, 0.4) is 0 Å². The average molecular weight is 410 g/mol. The second-order valence-corrected chi connectivity index (χ2v) is 7.61. The van der Waals surface area contributed by atoms with Gasteiger partial charge >= 0.3 is 5.97 Å². The Kier molecular flexibility index (Phi) is 7.24. The van der Waals surface area contributed by atoms with Crippen molar-refractivity contribution in [2.45, 2.75) is 32.3 Å². The predicted molar refractivity (Wildman–Crippen MR) is 97.7 cm³/mol. The third kappa shape index (κ3) is 5.36. The molecule has 10 nitrogen and oxygen atoms in total. The van der Waals surface area contributed by atoms with Gasteiger partial charge in [-0.05, 0) is 24.3 Å². The summed E-state index contributed by atoms with van der Waals surface area (Å²) in [6.45, 7) is 5.28. The Morgan fingerprint density at radius 2 is 1.79 bits per heavy atom. The molecule has 0 atom stereocenters. The van der Waals surface area contributed by atoms with E-state index in [9.17, 15) is 18.0 Å². The van der Waals surface area contributed by atoms with Gasteiger partial charge in [0.25, 0.3) is 11.8 Å². The van der Waals surface area contributed by atoms with E-state index in [0.717, 1.165) is 0 Å². The zero-order valence-electron chi connectivity index (χ0n) is 15.8. The number of aromatic nitrogens is 2. The molecular formula is C17H22N4O6S. The molecule has 0 spiro atoms. The molecular weight excluding hydrogens is 388 g/mol. The monoisotopic (exact) mass is 410 g/mol. The molecule has 0 unspecified atom stereocenters. The van der Waals surface area contributed by atoms with Gasteiger partial charge in [0.15, 0.2) is 6.61 Å². The largest absolute Gasteiger partial charge is 0.454 e. The number of amides is 1. The van der Waals surface area contributed by atoms with E-state index in [-0.39, 0.29) is 29.5 Å². The average Bonchev–Trinajstić information content (AvgIpc) is 3.10. The van der Waals surface area contributed by atoms with Crippen LogP contribution in [0.2, 0.25) is 0 Å². The Morgan fingerprint density at radius 1 is 1.14 bits per heavy atom. The zero-order valence-corrected chi connectivity index (χ0v) is 16.7. The van der Waals surface area contributed by atoms with Crippen molar-refractivity contribution < 1.29 is 27.2 Å². The molecule has 11 heteroatoms. The van der Waals surface area contributed by atoms with Crippen LogP contribution in [0.15, 0.2) is 33.6 Å². The molecule has 1 aromatic carbocycles. The number of hydrogen-bond acceptors (Lipinski definition) is 8. The minimum Gasteiger partial charge on any atom is -0.454 e. The van der Waals surface area contributed by atoms with Gasteiger partial charge in [-0.15, -0.1) is 10.2 Å². The van der Waals surface area contributed by atoms with Gasteiger partial charge in [0.2, 0.25) is 15.9 Å². The Balaban J connectivity index is 1.89. The summed E-state index contributed by atoms with van der Waals surface area (Å²) in [5, 5.41) is 9.68. The number of nitrogens with zero attached hydrogens (tertiary/aromatic N) is 3. The smallest absolute Gasteiger partial charge is 0.325 e. The number of nitrogens with one attached hydrogen (secondary N) is 1. The number of hydrogen-bond donors (Lipinski definition) is 1. The topological polar surface area (TPSA) is 132 Å². The number of ether oxygens (including phenoxy) is 1. The van der Waals surface area contributed by atoms with Crippen LogP contribution in [-0.2, 0) is 26.2 Å². The van der Waals surface area contributed by atoms with E-state index < -0.39 is 21.9 Å². The summed E-state index contributed by atoms with van der Waals surface area (Å²) in [7, 11) is -3.59. The summed E-state index contributed by atoms with van der Waals surface area (Å²) < 4.78 is 36.1. The first-order valence-electron chi connectivity index (χ1n) is 8.61. The highest BCUT2D eigenvalue weighted by Gasteiger charge is 2.21. The van der Waals surface area contributed by atoms with E-state index in [2.05, 4.69) is 15.5 Å². The molecule has 0 aliphatic carbocycles. The molecule has 0 bridgehead atoms. The van der Waals surface area contributed by atoms with Gasteiger partial charge < -0.3 is 14.5 Å². The number of rotatable bonds is 9. The Labute approximate surface area is 162 Å². The van der Waals surface area contributed by atoms with E-state index in [4.69, 9.17) is 9.15 Å². The molecule has 1 heterocycles. The standard InChI is InChI=1S/C17H22N4O6S/c1-4-21(5-2)28(24,25)14-8-6-13(7-9-14)17(23)18-10-16(22)26-11-15-20-19-12(3)27-15/h6-9H,4-5,10-11H2,1-3H3,(H,18,23). The van der Waals surface area contributed by atoms with Crippen molar-refractivity contribution >= 4 is 21.9 Å². The van der Waals surface area contributed by atoms with Crippen molar-refractivity contribution in [2.75, 3.05) is 19.6 Å². The normalized spacial score (nSPS) is 11.4. The van der Waals surface area contributed by atoms with Gasteiger partial charge in [-0.1, -0.05) is 13.8 Å². The number of carbonyl (C=O) groups excluding carboxylic acids is 2. The summed E-state index contributed by atoms with van der Waals surface area (Å²) in [5.74, 6) is -0.699. The van der Waals surface area contributed by atoms with Crippen LogP contribution < -0.4 is 5.32 Å². The minimum atomic E-state index is -3.59. The molecule has 0 saturated carbocycles. The van der Waals surface area contributed by atoms with E-state index in [1.54, 1.807) is 20.8 Å². The van der Waals surface area contributed by atoms with Gasteiger partial charge in [0.1, 0.15) is 6.54 Å². The third-order valence-electron chi connectivity index (χ3n) is 3.78. The van der Waals surface area contributed by atoms with Crippen LogP contribution in [0.5, 0.6) is 0 Å². The molecule has 0 fully saturated rings. The maximum Gasteiger partial charge on any atom is 0.325 e.